The number of ether oxygens (including phenoxy) is 8. The number of hydrogen-bond donors (Lipinski definition) is 2. The van der Waals surface area contributed by atoms with E-state index in [-0.39, 0.29) is 42.5 Å². The van der Waals surface area contributed by atoms with Crippen molar-refractivity contribution in [3.05, 3.63) is 0 Å². The topological polar surface area (TPSA) is 234 Å². The van der Waals surface area contributed by atoms with Gasteiger partial charge in [0.25, 0.3) is 0 Å². The second-order valence-electron chi connectivity index (χ2n) is 17.8. The number of hydrogen-bond acceptors (Lipinski definition) is 16. The number of unbranched alkanes of at least 4 members (excludes halogenated alkanes) is 16. The highest BCUT2D eigenvalue weighted by atomic mass is 16.7. The summed E-state index contributed by atoms with van der Waals surface area (Å²) in [7, 11) is 0. The Kier molecular flexibility index (Phi) is 32.4. The zero-order chi connectivity index (χ0) is 50.1. The van der Waals surface area contributed by atoms with Crippen LogP contribution in [0, 0.1) is 0 Å². The molecule has 9 atom stereocenters. The Bertz CT molecular complexity index is 1490. The minimum atomic E-state index is -1.36. The van der Waals surface area contributed by atoms with Crippen molar-refractivity contribution in [2.45, 2.75) is 252 Å². The molecule has 18 heteroatoms. The van der Waals surface area contributed by atoms with Crippen molar-refractivity contribution in [2.75, 3.05) is 13.2 Å². The van der Waals surface area contributed by atoms with Crippen molar-refractivity contribution in [1.29, 1.82) is 0 Å². The Morgan fingerprint density at radius 3 is 1.34 bits per heavy atom. The molecule has 1 heterocycles. The molecule has 1 saturated heterocycles. The van der Waals surface area contributed by atoms with Crippen LogP contribution in [0.5, 0.6) is 0 Å². The zero-order valence-electron chi connectivity index (χ0n) is 42.0. The van der Waals surface area contributed by atoms with E-state index in [9.17, 15) is 38.4 Å². The lowest BCUT2D eigenvalue weighted by Gasteiger charge is -2.45. The molecule has 1 fully saturated rings. The fraction of sp³-hybridized carbons (Fsp3) is 0.837. The monoisotopic (exact) mass is 957 g/mol. The first-order valence-electron chi connectivity index (χ1n) is 24.6. The van der Waals surface area contributed by atoms with Crippen LogP contribution >= 0.6 is 0 Å². The normalized spacial score (nSPS) is 19.7. The van der Waals surface area contributed by atoms with Crippen molar-refractivity contribution < 1.29 is 76.3 Å². The smallest absolute Gasteiger partial charge is 0.305 e. The van der Waals surface area contributed by atoms with Gasteiger partial charge < -0.3 is 48.5 Å². The van der Waals surface area contributed by atoms with Crippen LogP contribution in [0.25, 0.3) is 0 Å². The maximum absolute atomic E-state index is 12.3. The first-order chi connectivity index (χ1) is 31.8. The Labute approximate surface area is 399 Å². The van der Waals surface area contributed by atoms with Gasteiger partial charge in [0.1, 0.15) is 18.8 Å². The van der Waals surface area contributed by atoms with E-state index in [1.165, 1.54) is 47.5 Å². The van der Waals surface area contributed by atoms with Crippen molar-refractivity contribution in [3.63, 3.8) is 0 Å². The average molecular weight is 957 g/mol. The van der Waals surface area contributed by atoms with E-state index in [1.807, 2.05) is 6.92 Å². The second-order valence-corrected chi connectivity index (χ2v) is 17.8. The average Bonchev–Trinajstić information content (AvgIpc) is 3.22. The lowest BCUT2D eigenvalue weighted by atomic mass is 9.97. The zero-order valence-corrected chi connectivity index (χ0v) is 42.0. The van der Waals surface area contributed by atoms with Crippen LogP contribution in [0.15, 0.2) is 0 Å². The van der Waals surface area contributed by atoms with Crippen LogP contribution in [-0.2, 0) is 76.3 Å². The summed E-state index contributed by atoms with van der Waals surface area (Å²) in [5.74, 6) is -3.73. The molecule has 1 rings (SSSR count). The van der Waals surface area contributed by atoms with Gasteiger partial charge in [-0.3, -0.25) is 38.4 Å². The van der Waals surface area contributed by atoms with Gasteiger partial charge in [0.05, 0.1) is 24.8 Å². The van der Waals surface area contributed by atoms with Crippen molar-refractivity contribution in [2.24, 2.45) is 0 Å². The van der Waals surface area contributed by atoms with Crippen molar-refractivity contribution >= 4 is 47.6 Å². The molecular weight excluding hydrogens is 873 g/mol. The molecule has 0 aromatic carbocycles. The van der Waals surface area contributed by atoms with E-state index in [4.69, 9.17) is 37.9 Å². The highest BCUT2D eigenvalue weighted by Crippen LogP contribution is 2.32. The molecule has 0 unspecified atom stereocenters. The fourth-order valence-corrected chi connectivity index (χ4v) is 8.15. The Balaban J connectivity index is 2.37. The van der Waals surface area contributed by atoms with E-state index in [0.717, 1.165) is 117 Å². The van der Waals surface area contributed by atoms with Gasteiger partial charge in [-0.25, -0.2) is 0 Å². The number of carbonyl (C=O) groups excluding carboxylic acids is 8. The van der Waals surface area contributed by atoms with Gasteiger partial charge in [0, 0.05) is 54.9 Å². The molecule has 0 aliphatic carbocycles. The SMILES string of the molecule is CC(=O)N[C@H](C)[C@@H](CCCCCCCCC(=O)OCCCCCCCCCCCCCC[C@@H](O[C@@H]1O[C@H](COC(C)=O)[C@H](OC(C)=O)[C@H](OC(C)=O)[C@H]1OC(C)=O)[C@@H](C)NC(C)=O)OC(C)=O. The van der Waals surface area contributed by atoms with E-state index in [2.05, 4.69) is 10.6 Å². The van der Waals surface area contributed by atoms with E-state index in [1.54, 1.807) is 6.92 Å². The van der Waals surface area contributed by atoms with E-state index < -0.39 is 66.7 Å². The van der Waals surface area contributed by atoms with Crippen LogP contribution < -0.4 is 10.6 Å². The lowest BCUT2D eigenvalue weighted by Crippen LogP contribution is -2.63. The molecule has 0 spiro atoms. The molecule has 1 aliphatic heterocycles. The quantitative estimate of drug-likeness (QED) is 0.0360. The summed E-state index contributed by atoms with van der Waals surface area (Å²) in [6.07, 6.45) is 12.5. The standard InChI is InChI=1S/C49H84N2O16/c1-33(50-35(3)52)42(62-38(6)55)28-24-21-17-18-22-26-30-45(59)60-31-27-23-19-15-13-11-10-12-14-16-20-25-29-43(34(2)51-36(4)53)66-49-48(65-41(9)58)47(64-40(8)57)46(63-39(7)56)44(67-49)32-61-37(5)54/h33-34,42-44,46-49H,10-32H2,1-9H3,(H,50,52)(H,51,53)/t33-,34-,42-,43-,44-,46+,47+,48-,49-/m1/s1. The van der Waals surface area contributed by atoms with Crippen LogP contribution in [0.4, 0.5) is 0 Å². The first-order valence-corrected chi connectivity index (χ1v) is 24.6. The third-order valence-electron chi connectivity index (χ3n) is 11.3. The molecule has 0 bridgehead atoms. The largest absolute Gasteiger partial charge is 0.466 e. The molecule has 18 nitrogen and oxygen atoms in total. The highest BCUT2D eigenvalue weighted by Gasteiger charge is 2.53. The van der Waals surface area contributed by atoms with E-state index >= 15 is 0 Å². The molecule has 386 valence electrons. The van der Waals surface area contributed by atoms with Gasteiger partial charge >= 0.3 is 35.8 Å². The Hall–Kier alpha value is -4.32. The van der Waals surface area contributed by atoms with Gasteiger partial charge in [-0.2, -0.15) is 0 Å². The molecule has 1 aliphatic rings. The summed E-state index contributed by atoms with van der Waals surface area (Å²) < 4.78 is 45.1. The second kappa shape index (κ2) is 35.8. The first kappa shape index (κ1) is 60.7. The molecule has 0 aromatic rings. The summed E-state index contributed by atoms with van der Waals surface area (Å²) in [4.78, 5) is 95.4. The molecule has 0 aromatic heterocycles. The number of rotatable bonds is 36. The number of nitrogens with one attached hydrogen (secondary N) is 2. The molecule has 0 radical (unpaired) electrons. The number of esters is 6. The molecule has 2 amide bonds. The number of amides is 2. The third kappa shape index (κ3) is 29.9. The maximum Gasteiger partial charge on any atom is 0.305 e. The fourth-order valence-electron chi connectivity index (χ4n) is 8.15. The third-order valence-corrected chi connectivity index (χ3v) is 11.3. The van der Waals surface area contributed by atoms with Crippen molar-refractivity contribution in [1.82, 2.24) is 10.6 Å². The predicted octanol–water partition coefficient (Wildman–Crippen LogP) is 7.17. The minimum Gasteiger partial charge on any atom is -0.466 e. The predicted molar refractivity (Wildman–Crippen MR) is 247 cm³/mol. The maximum atomic E-state index is 12.3. The summed E-state index contributed by atoms with van der Waals surface area (Å²) in [5.41, 5.74) is 0. The van der Waals surface area contributed by atoms with E-state index in [0.29, 0.717) is 25.9 Å². The summed E-state index contributed by atoms with van der Waals surface area (Å²) in [6, 6.07) is -0.719. The van der Waals surface area contributed by atoms with Gasteiger partial charge in [0.15, 0.2) is 24.6 Å². The Morgan fingerprint density at radius 1 is 0.463 bits per heavy atom. The van der Waals surface area contributed by atoms with Gasteiger partial charge in [-0.15, -0.1) is 0 Å². The van der Waals surface area contributed by atoms with Gasteiger partial charge in [-0.05, 0) is 46.0 Å². The minimum absolute atomic E-state index is 0.132. The summed E-state index contributed by atoms with van der Waals surface area (Å²) in [5, 5.41) is 5.66. The molecule has 2 N–H and O–H groups in total. The summed E-state index contributed by atoms with van der Waals surface area (Å²) >= 11 is 0. The number of carbonyl (C=O) groups is 8. The molecule has 0 saturated carbocycles. The Morgan fingerprint density at radius 2 is 0.881 bits per heavy atom. The lowest BCUT2D eigenvalue weighted by molar-refractivity contribution is -0.318. The van der Waals surface area contributed by atoms with Crippen LogP contribution in [-0.4, -0.2) is 116 Å². The van der Waals surface area contributed by atoms with Crippen LogP contribution in [0.2, 0.25) is 0 Å². The van der Waals surface area contributed by atoms with Crippen LogP contribution in [0.3, 0.4) is 0 Å². The van der Waals surface area contributed by atoms with Crippen LogP contribution in [0.1, 0.15) is 197 Å². The molecule has 67 heavy (non-hydrogen) atoms. The molecular formula is C49H84N2O16. The van der Waals surface area contributed by atoms with Crippen molar-refractivity contribution in [3.8, 4) is 0 Å². The van der Waals surface area contributed by atoms with Gasteiger partial charge in [0.2, 0.25) is 11.8 Å². The summed E-state index contributed by atoms with van der Waals surface area (Å²) in [6.45, 7) is 12.6. The highest BCUT2D eigenvalue weighted by molar-refractivity contribution is 5.74. The van der Waals surface area contributed by atoms with Gasteiger partial charge in [-0.1, -0.05) is 96.3 Å².